The number of dihydropyridines is 1. The fourth-order valence-electron chi connectivity index (χ4n) is 4.42. The smallest absolute Gasteiger partial charge is 0.336 e. The minimum atomic E-state index is -0.560. The number of rotatable bonds is 3. The highest BCUT2D eigenvalue weighted by molar-refractivity contribution is 6.04. The first-order valence-corrected chi connectivity index (χ1v) is 9.65. The summed E-state index contributed by atoms with van der Waals surface area (Å²) in [5, 5.41) is 13.3. The first-order valence-electron chi connectivity index (χ1n) is 9.65. The molecular formula is C24H23NO4. The minimum absolute atomic E-state index is 0.00912. The standard InChI is InChI=1S/C24H23NO4/c1-14-21(24(28)29-2)22(16-9-6-10-18(26)11-16)23-19(25-14)12-17(13-20(23)27)15-7-4-3-5-8-15/h3-11,17,22,25-26H,12-13H2,1-2H3/t17-,22+/m1/s1. The topological polar surface area (TPSA) is 75.6 Å². The highest BCUT2D eigenvalue weighted by Gasteiger charge is 2.41. The molecule has 4 rings (SSSR count). The number of esters is 1. The van der Waals surface area contributed by atoms with E-state index < -0.39 is 11.9 Å². The van der Waals surface area contributed by atoms with Crippen LogP contribution in [0.3, 0.4) is 0 Å². The normalized spacial score (nSPS) is 21.5. The summed E-state index contributed by atoms with van der Waals surface area (Å²) < 4.78 is 5.01. The average Bonchev–Trinajstić information content (AvgIpc) is 2.72. The van der Waals surface area contributed by atoms with E-state index >= 15 is 0 Å². The molecule has 5 heteroatoms. The molecule has 0 aromatic heterocycles. The molecule has 29 heavy (non-hydrogen) atoms. The maximum atomic E-state index is 13.3. The molecule has 2 atom stereocenters. The number of hydrogen-bond acceptors (Lipinski definition) is 5. The molecule has 1 heterocycles. The average molecular weight is 389 g/mol. The number of ketones is 1. The van der Waals surface area contributed by atoms with Gasteiger partial charge >= 0.3 is 5.97 Å². The Labute approximate surface area is 169 Å². The van der Waals surface area contributed by atoms with Crippen LogP contribution in [0, 0.1) is 0 Å². The van der Waals surface area contributed by atoms with E-state index in [-0.39, 0.29) is 17.5 Å². The number of phenolic OH excluding ortho intramolecular Hbond substituents is 1. The summed E-state index contributed by atoms with van der Waals surface area (Å²) in [5.74, 6) is -0.847. The number of methoxy groups -OCH3 is 1. The first kappa shape index (κ1) is 19.0. The van der Waals surface area contributed by atoms with Gasteiger partial charge in [-0.1, -0.05) is 42.5 Å². The third kappa shape index (κ3) is 3.44. The van der Waals surface area contributed by atoms with Crippen LogP contribution >= 0.6 is 0 Å². The molecule has 0 saturated heterocycles. The molecule has 0 bridgehead atoms. The highest BCUT2D eigenvalue weighted by Crippen LogP contribution is 2.46. The lowest BCUT2D eigenvalue weighted by Crippen LogP contribution is -2.36. The number of allylic oxidation sites excluding steroid dienone is 3. The number of ether oxygens (including phenoxy) is 1. The van der Waals surface area contributed by atoms with Gasteiger partial charge in [0.15, 0.2) is 5.78 Å². The molecule has 0 unspecified atom stereocenters. The molecule has 0 saturated carbocycles. The van der Waals surface area contributed by atoms with Crippen LogP contribution in [0.25, 0.3) is 0 Å². The van der Waals surface area contributed by atoms with Crippen LogP contribution < -0.4 is 5.32 Å². The van der Waals surface area contributed by atoms with Crippen molar-refractivity contribution in [3.8, 4) is 5.75 Å². The van der Waals surface area contributed by atoms with Gasteiger partial charge in [-0.25, -0.2) is 4.79 Å². The van der Waals surface area contributed by atoms with E-state index in [4.69, 9.17) is 4.74 Å². The van der Waals surface area contributed by atoms with Gasteiger partial charge in [0.05, 0.1) is 12.7 Å². The van der Waals surface area contributed by atoms with Crippen molar-refractivity contribution in [2.75, 3.05) is 7.11 Å². The summed E-state index contributed by atoms with van der Waals surface area (Å²) in [6.07, 6.45) is 1.07. The SMILES string of the molecule is COC(=O)C1=C(C)NC2=C(C(=O)C[C@H](c3ccccc3)C2)[C@H]1c1cccc(O)c1. The second-order valence-electron chi connectivity index (χ2n) is 7.51. The van der Waals surface area contributed by atoms with Gasteiger partial charge in [-0.05, 0) is 42.5 Å². The number of carbonyl (C=O) groups excluding carboxylic acids is 2. The molecule has 0 fully saturated rings. The van der Waals surface area contributed by atoms with E-state index in [1.165, 1.54) is 7.11 Å². The Hall–Kier alpha value is -3.34. The van der Waals surface area contributed by atoms with E-state index in [9.17, 15) is 14.7 Å². The quantitative estimate of drug-likeness (QED) is 0.778. The summed E-state index contributed by atoms with van der Waals surface area (Å²) in [6.45, 7) is 1.82. The Kier molecular flexibility index (Phi) is 4.97. The fourth-order valence-corrected chi connectivity index (χ4v) is 4.42. The van der Waals surface area contributed by atoms with Crippen molar-refractivity contribution in [1.82, 2.24) is 5.32 Å². The van der Waals surface area contributed by atoms with Crippen molar-refractivity contribution >= 4 is 11.8 Å². The summed E-state index contributed by atoms with van der Waals surface area (Å²) >= 11 is 0. The number of hydrogen-bond donors (Lipinski definition) is 2. The molecule has 5 nitrogen and oxygen atoms in total. The Bertz CT molecular complexity index is 1040. The van der Waals surface area contributed by atoms with E-state index in [1.807, 2.05) is 43.3 Å². The monoisotopic (exact) mass is 389 g/mol. The Morgan fingerprint density at radius 2 is 1.79 bits per heavy atom. The fraction of sp³-hybridized carbons (Fsp3) is 0.250. The van der Waals surface area contributed by atoms with Gasteiger partial charge in [-0.3, -0.25) is 4.79 Å². The van der Waals surface area contributed by atoms with Crippen molar-refractivity contribution in [2.45, 2.75) is 31.6 Å². The van der Waals surface area contributed by atoms with Crippen LogP contribution in [0.1, 0.15) is 42.7 Å². The number of benzene rings is 2. The maximum absolute atomic E-state index is 13.3. The van der Waals surface area contributed by atoms with Gasteiger partial charge in [0, 0.05) is 29.3 Å². The molecule has 2 aromatic carbocycles. The Morgan fingerprint density at radius 3 is 2.48 bits per heavy atom. The number of carbonyl (C=O) groups is 2. The van der Waals surface area contributed by atoms with Crippen LogP contribution in [0.15, 0.2) is 77.1 Å². The zero-order chi connectivity index (χ0) is 20.5. The Morgan fingerprint density at radius 1 is 1.07 bits per heavy atom. The molecule has 148 valence electrons. The van der Waals surface area contributed by atoms with Crippen molar-refractivity contribution in [3.05, 3.63) is 88.3 Å². The highest BCUT2D eigenvalue weighted by atomic mass is 16.5. The predicted octanol–water partition coefficient (Wildman–Crippen LogP) is 3.93. The number of Topliss-reactive ketones (excluding diaryl/α,β-unsaturated/α-hetero) is 1. The number of nitrogens with one attached hydrogen (secondary N) is 1. The molecule has 1 aliphatic heterocycles. The molecule has 2 aromatic rings. The molecule has 2 N–H and O–H groups in total. The lowest BCUT2D eigenvalue weighted by molar-refractivity contribution is -0.136. The second kappa shape index (κ2) is 7.59. The lowest BCUT2D eigenvalue weighted by Gasteiger charge is -2.36. The number of aromatic hydroxyl groups is 1. The van der Waals surface area contributed by atoms with Gasteiger partial charge in [-0.2, -0.15) is 0 Å². The van der Waals surface area contributed by atoms with Crippen LogP contribution in [0.4, 0.5) is 0 Å². The van der Waals surface area contributed by atoms with Crippen molar-refractivity contribution in [1.29, 1.82) is 0 Å². The summed E-state index contributed by atoms with van der Waals surface area (Å²) in [7, 11) is 1.33. The van der Waals surface area contributed by atoms with E-state index in [1.54, 1.807) is 18.2 Å². The van der Waals surface area contributed by atoms with Crippen molar-refractivity contribution in [3.63, 3.8) is 0 Å². The van der Waals surface area contributed by atoms with Gasteiger partial charge in [0.2, 0.25) is 0 Å². The lowest BCUT2D eigenvalue weighted by atomic mass is 9.71. The first-order chi connectivity index (χ1) is 14.0. The zero-order valence-corrected chi connectivity index (χ0v) is 16.4. The molecule has 0 spiro atoms. The zero-order valence-electron chi connectivity index (χ0n) is 16.4. The van der Waals surface area contributed by atoms with Crippen LogP contribution in [-0.2, 0) is 14.3 Å². The third-order valence-corrected chi connectivity index (χ3v) is 5.71. The van der Waals surface area contributed by atoms with Crippen LogP contribution in [-0.4, -0.2) is 24.0 Å². The van der Waals surface area contributed by atoms with Gasteiger partial charge in [-0.15, -0.1) is 0 Å². The minimum Gasteiger partial charge on any atom is -0.508 e. The maximum Gasteiger partial charge on any atom is 0.336 e. The summed E-state index contributed by atoms with van der Waals surface area (Å²) in [6, 6.07) is 16.7. The Balaban J connectivity index is 1.82. The largest absolute Gasteiger partial charge is 0.508 e. The van der Waals surface area contributed by atoms with Crippen molar-refractivity contribution in [2.24, 2.45) is 0 Å². The second-order valence-corrected chi connectivity index (χ2v) is 7.51. The van der Waals surface area contributed by atoms with E-state index in [0.29, 0.717) is 35.2 Å². The van der Waals surface area contributed by atoms with Crippen LogP contribution in [0.2, 0.25) is 0 Å². The van der Waals surface area contributed by atoms with E-state index in [2.05, 4.69) is 5.32 Å². The molecular weight excluding hydrogens is 366 g/mol. The number of phenols is 1. The van der Waals surface area contributed by atoms with Crippen molar-refractivity contribution < 1.29 is 19.4 Å². The molecule has 0 radical (unpaired) electrons. The summed E-state index contributed by atoms with van der Waals surface area (Å²) in [5.41, 5.74) is 4.34. The predicted molar refractivity (Wildman–Crippen MR) is 109 cm³/mol. The van der Waals surface area contributed by atoms with Crippen LogP contribution in [0.5, 0.6) is 5.75 Å². The summed E-state index contributed by atoms with van der Waals surface area (Å²) in [4.78, 5) is 25.9. The van der Waals surface area contributed by atoms with E-state index in [0.717, 1.165) is 11.3 Å². The molecule has 1 aliphatic carbocycles. The van der Waals surface area contributed by atoms with Gasteiger partial charge in [0.25, 0.3) is 0 Å². The van der Waals surface area contributed by atoms with Gasteiger partial charge in [0.1, 0.15) is 5.75 Å². The third-order valence-electron chi connectivity index (χ3n) is 5.71. The molecule has 2 aliphatic rings. The molecule has 0 amide bonds. The van der Waals surface area contributed by atoms with Gasteiger partial charge < -0.3 is 15.2 Å².